The molecule has 0 radical (unpaired) electrons. The lowest BCUT2D eigenvalue weighted by atomic mass is 9.97. The molecule has 1 atom stereocenters. The second kappa shape index (κ2) is 5.85. The second-order valence-electron chi connectivity index (χ2n) is 4.53. The van der Waals surface area contributed by atoms with Crippen molar-refractivity contribution in [3.63, 3.8) is 0 Å². The molecule has 0 saturated heterocycles. The molecule has 1 nitrogen and oxygen atoms in total. The Bertz CT molecular complexity index is 643. The molecule has 0 amide bonds. The summed E-state index contributed by atoms with van der Waals surface area (Å²) in [5.74, 6) is -2.47. The first-order valence-corrected chi connectivity index (χ1v) is 6.39. The monoisotopic (exact) mass is 299 g/mol. The van der Waals surface area contributed by atoms with Gasteiger partial charge in [-0.05, 0) is 43.3 Å². The van der Waals surface area contributed by atoms with Gasteiger partial charge in [0.2, 0.25) is 0 Å². The standard InChI is InChI=1S/C15H13ClF3N/c1-8-3-4-9(12(17)5-8)15(20-2)10-6-13(18)14(19)7-11(10)16/h3-7,15,20H,1-2H3. The number of benzene rings is 2. The van der Waals surface area contributed by atoms with Crippen LogP contribution >= 0.6 is 11.6 Å². The number of hydrogen-bond acceptors (Lipinski definition) is 1. The Kier molecular flexibility index (Phi) is 4.35. The van der Waals surface area contributed by atoms with Gasteiger partial charge in [0.25, 0.3) is 0 Å². The maximum atomic E-state index is 14.0. The minimum atomic E-state index is -1.03. The van der Waals surface area contributed by atoms with E-state index in [1.54, 1.807) is 26.1 Å². The van der Waals surface area contributed by atoms with Crippen LogP contribution < -0.4 is 5.32 Å². The Labute approximate surface area is 120 Å². The van der Waals surface area contributed by atoms with E-state index in [1.807, 2.05) is 0 Å². The Morgan fingerprint density at radius 2 is 1.60 bits per heavy atom. The first-order chi connectivity index (χ1) is 9.43. The lowest BCUT2D eigenvalue weighted by Gasteiger charge is -2.19. The Morgan fingerprint density at radius 3 is 2.20 bits per heavy atom. The van der Waals surface area contributed by atoms with Crippen molar-refractivity contribution in [3.05, 3.63) is 69.5 Å². The molecule has 5 heteroatoms. The van der Waals surface area contributed by atoms with Crippen LogP contribution in [0.2, 0.25) is 5.02 Å². The fraction of sp³-hybridized carbons (Fsp3) is 0.200. The van der Waals surface area contributed by atoms with Gasteiger partial charge >= 0.3 is 0 Å². The van der Waals surface area contributed by atoms with Gasteiger partial charge in [-0.1, -0.05) is 23.7 Å². The summed E-state index contributed by atoms with van der Waals surface area (Å²) < 4.78 is 40.5. The van der Waals surface area contributed by atoms with E-state index in [0.717, 1.165) is 17.7 Å². The maximum absolute atomic E-state index is 14.0. The first-order valence-electron chi connectivity index (χ1n) is 6.01. The third-order valence-corrected chi connectivity index (χ3v) is 3.43. The predicted molar refractivity (Wildman–Crippen MR) is 73.4 cm³/mol. The molecule has 20 heavy (non-hydrogen) atoms. The van der Waals surface area contributed by atoms with Gasteiger partial charge < -0.3 is 5.32 Å². The fourth-order valence-corrected chi connectivity index (χ4v) is 2.36. The zero-order chi connectivity index (χ0) is 14.9. The van der Waals surface area contributed by atoms with Crippen LogP contribution in [-0.4, -0.2) is 7.05 Å². The summed E-state index contributed by atoms with van der Waals surface area (Å²) in [5.41, 5.74) is 1.39. The lowest BCUT2D eigenvalue weighted by Crippen LogP contribution is -2.20. The van der Waals surface area contributed by atoms with Crippen LogP contribution in [0, 0.1) is 24.4 Å². The van der Waals surface area contributed by atoms with Crippen LogP contribution in [0.4, 0.5) is 13.2 Å². The quantitative estimate of drug-likeness (QED) is 0.830. The van der Waals surface area contributed by atoms with E-state index in [0.29, 0.717) is 5.56 Å². The smallest absolute Gasteiger partial charge is 0.160 e. The lowest BCUT2D eigenvalue weighted by molar-refractivity contribution is 0.503. The molecule has 2 aromatic carbocycles. The number of nitrogens with one attached hydrogen (secondary N) is 1. The summed E-state index contributed by atoms with van der Waals surface area (Å²) in [6.45, 7) is 1.77. The highest BCUT2D eigenvalue weighted by Crippen LogP contribution is 2.31. The molecule has 2 aromatic rings. The molecule has 0 fully saturated rings. The van der Waals surface area contributed by atoms with Crippen LogP contribution in [0.1, 0.15) is 22.7 Å². The predicted octanol–water partition coefficient (Wildman–Crippen LogP) is 4.37. The summed E-state index contributed by atoms with van der Waals surface area (Å²) in [4.78, 5) is 0. The summed E-state index contributed by atoms with van der Waals surface area (Å²) in [7, 11) is 1.60. The van der Waals surface area contributed by atoms with Crippen molar-refractivity contribution < 1.29 is 13.2 Å². The molecule has 1 unspecified atom stereocenters. The molecule has 106 valence electrons. The van der Waals surface area contributed by atoms with Crippen molar-refractivity contribution in [2.45, 2.75) is 13.0 Å². The number of aryl methyl sites for hydroxylation is 1. The van der Waals surface area contributed by atoms with Gasteiger partial charge in [-0.2, -0.15) is 0 Å². The van der Waals surface area contributed by atoms with Crippen molar-refractivity contribution in [3.8, 4) is 0 Å². The Balaban J connectivity index is 2.55. The van der Waals surface area contributed by atoms with Gasteiger partial charge in [-0.25, -0.2) is 13.2 Å². The van der Waals surface area contributed by atoms with Crippen LogP contribution in [0.5, 0.6) is 0 Å². The molecule has 0 aliphatic carbocycles. The molecular weight excluding hydrogens is 287 g/mol. The molecule has 0 bridgehead atoms. The first kappa shape index (κ1) is 14.9. The van der Waals surface area contributed by atoms with E-state index in [-0.39, 0.29) is 10.6 Å². The van der Waals surface area contributed by atoms with Crippen molar-refractivity contribution in [2.75, 3.05) is 7.05 Å². The molecule has 0 aliphatic rings. The molecule has 0 saturated carbocycles. The zero-order valence-electron chi connectivity index (χ0n) is 11.0. The van der Waals surface area contributed by atoms with E-state index in [4.69, 9.17) is 11.6 Å². The molecule has 1 N–H and O–H groups in total. The topological polar surface area (TPSA) is 12.0 Å². The summed E-state index contributed by atoms with van der Waals surface area (Å²) >= 11 is 5.94. The summed E-state index contributed by atoms with van der Waals surface area (Å²) in [6.07, 6.45) is 0. The molecule has 0 heterocycles. The van der Waals surface area contributed by atoms with Crippen LogP contribution in [-0.2, 0) is 0 Å². The van der Waals surface area contributed by atoms with E-state index in [1.165, 1.54) is 6.07 Å². The molecule has 2 rings (SSSR count). The van der Waals surface area contributed by atoms with E-state index in [2.05, 4.69) is 5.32 Å². The number of halogens is 4. The van der Waals surface area contributed by atoms with E-state index < -0.39 is 23.5 Å². The molecule has 0 spiro atoms. The van der Waals surface area contributed by atoms with Crippen molar-refractivity contribution >= 4 is 11.6 Å². The Morgan fingerprint density at radius 1 is 0.950 bits per heavy atom. The summed E-state index contributed by atoms with van der Waals surface area (Å²) in [6, 6.07) is 5.95. The minimum absolute atomic E-state index is 0.0447. The average molecular weight is 300 g/mol. The Hall–Kier alpha value is -1.52. The van der Waals surface area contributed by atoms with Gasteiger partial charge in [0, 0.05) is 10.6 Å². The van der Waals surface area contributed by atoms with Crippen LogP contribution in [0.15, 0.2) is 30.3 Å². The highest BCUT2D eigenvalue weighted by Gasteiger charge is 2.21. The van der Waals surface area contributed by atoms with Gasteiger partial charge in [-0.3, -0.25) is 0 Å². The van der Waals surface area contributed by atoms with Crippen molar-refractivity contribution in [2.24, 2.45) is 0 Å². The van der Waals surface area contributed by atoms with Gasteiger partial charge in [0.05, 0.1) is 6.04 Å². The average Bonchev–Trinajstić information content (AvgIpc) is 2.38. The van der Waals surface area contributed by atoms with Gasteiger partial charge in [-0.15, -0.1) is 0 Å². The molecule has 0 aromatic heterocycles. The highest BCUT2D eigenvalue weighted by atomic mass is 35.5. The van der Waals surface area contributed by atoms with Crippen molar-refractivity contribution in [1.82, 2.24) is 5.32 Å². The maximum Gasteiger partial charge on any atom is 0.160 e. The van der Waals surface area contributed by atoms with Crippen molar-refractivity contribution in [1.29, 1.82) is 0 Å². The minimum Gasteiger partial charge on any atom is -0.309 e. The van der Waals surface area contributed by atoms with Gasteiger partial charge in [0.1, 0.15) is 5.82 Å². The van der Waals surface area contributed by atoms with Gasteiger partial charge in [0.15, 0.2) is 11.6 Å². The third-order valence-electron chi connectivity index (χ3n) is 3.11. The number of hydrogen-bond donors (Lipinski definition) is 1. The zero-order valence-corrected chi connectivity index (χ0v) is 11.7. The molecular formula is C15H13ClF3N. The van der Waals surface area contributed by atoms with E-state index in [9.17, 15) is 13.2 Å². The second-order valence-corrected chi connectivity index (χ2v) is 4.94. The SMILES string of the molecule is CNC(c1ccc(C)cc1F)c1cc(F)c(F)cc1Cl. The fourth-order valence-electron chi connectivity index (χ4n) is 2.10. The van der Waals surface area contributed by atoms with Crippen LogP contribution in [0.3, 0.4) is 0 Å². The van der Waals surface area contributed by atoms with Crippen LogP contribution in [0.25, 0.3) is 0 Å². The largest absolute Gasteiger partial charge is 0.309 e. The highest BCUT2D eigenvalue weighted by molar-refractivity contribution is 6.31. The van der Waals surface area contributed by atoms with E-state index >= 15 is 0 Å². The number of rotatable bonds is 3. The molecule has 0 aliphatic heterocycles. The normalized spacial score (nSPS) is 12.5. The summed E-state index contributed by atoms with van der Waals surface area (Å²) in [5, 5.41) is 2.91. The third kappa shape index (κ3) is 2.81.